The summed E-state index contributed by atoms with van der Waals surface area (Å²) in [6.07, 6.45) is 4.86. The average molecular weight is 178 g/mol. The topological polar surface area (TPSA) is 55.1 Å². The molecule has 1 amide bonds. The third-order valence-corrected chi connectivity index (χ3v) is 3.09. The molecule has 1 aromatic heterocycles. The molecular weight excluding hydrogens is 168 g/mol. The van der Waals surface area contributed by atoms with E-state index >= 15 is 0 Å². The second-order valence-electron chi connectivity index (χ2n) is 4.10. The van der Waals surface area contributed by atoms with E-state index in [2.05, 4.69) is 15.0 Å². The van der Waals surface area contributed by atoms with Gasteiger partial charge in [0.05, 0.1) is 0 Å². The van der Waals surface area contributed by atoms with Crippen molar-refractivity contribution in [3.8, 4) is 0 Å². The standard InChI is InChI=1S/C9H10N2O2/c12-8(7-1-2-13-11-7)10-9-3-6(4-9)5-9/h1-2,6H,3-5H2,(H,10,12). The molecule has 4 rings (SSSR count). The number of nitrogens with one attached hydrogen (secondary N) is 1. The summed E-state index contributed by atoms with van der Waals surface area (Å²) in [5.41, 5.74) is 0.505. The summed E-state index contributed by atoms with van der Waals surface area (Å²) < 4.78 is 4.60. The molecule has 0 aliphatic heterocycles. The molecule has 0 atom stereocenters. The number of rotatable bonds is 2. The van der Waals surface area contributed by atoms with E-state index in [0.29, 0.717) is 5.69 Å². The van der Waals surface area contributed by atoms with Gasteiger partial charge in [0.2, 0.25) is 0 Å². The van der Waals surface area contributed by atoms with E-state index in [9.17, 15) is 4.79 Å². The van der Waals surface area contributed by atoms with Gasteiger partial charge >= 0.3 is 0 Å². The third-order valence-electron chi connectivity index (χ3n) is 3.09. The van der Waals surface area contributed by atoms with Crippen molar-refractivity contribution in [3.63, 3.8) is 0 Å². The summed E-state index contributed by atoms with van der Waals surface area (Å²) >= 11 is 0. The van der Waals surface area contributed by atoms with Crippen molar-refractivity contribution >= 4 is 5.91 Å². The Morgan fingerprint density at radius 1 is 1.62 bits per heavy atom. The molecule has 3 aliphatic rings. The second-order valence-corrected chi connectivity index (χ2v) is 4.10. The van der Waals surface area contributed by atoms with Crippen LogP contribution in [0.1, 0.15) is 29.8 Å². The highest BCUT2D eigenvalue weighted by Crippen LogP contribution is 2.56. The lowest BCUT2D eigenvalue weighted by molar-refractivity contribution is -0.0440. The molecule has 13 heavy (non-hydrogen) atoms. The van der Waals surface area contributed by atoms with Crippen molar-refractivity contribution in [3.05, 3.63) is 18.0 Å². The molecule has 3 aliphatic carbocycles. The molecule has 4 nitrogen and oxygen atoms in total. The minimum Gasteiger partial charge on any atom is -0.364 e. The Hall–Kier alpha value is -1.32. The molecule has 1 N–H and O–H groups in total. The van der Waals surface area contributed by atoms with Crippen molar-refractivity contribution in [1.82, 2.24) is 10.5 Å². The van der Waals surface area contributed by atoms with Crippen LogP contribution in [0.2, 0.25) is 0 Å². The molecule has 0 saturated heterocycles. The van der Waals surface area contributed by atoms with E-state index in [1.807, 2.05) is 0 Å². The maximum Gasteiger partial charge on any atom is 0.273 e. The number of hydrogen-bond acceptors (Lipinski definition) is 3. The monoisotopic (exact) mass is 178 g/mol. The molecule has 1 aromatic rings. The summed E-state index contributed by atoms with van der Waals surface area (Å²) in [6.45, 7) is 0. The van der Waals surface area contributed by atoms with Gasteiger partial charge in [0.25, 0.3) is 5.91 Å². The zero-order valence-electron chi connectivity index (χ0n) is 7.12. The molecule has 1 heterocycles. The lowest BCUT2D eigenvalue weighted by Gasteiger charge is -2.61. The normalized spacial score (nSPS) is 34.6. The summed E-state index contributed by atoms with van der Waals surface area (Å²) in [5.74, 6) is 0.768. The number of aromatic nitrogens is 1. The summed E-state index contributed by atoms with van der Waals surface area (Å²) in [7, 11) is 0. The maximum atomic E-state index is 11.5. The van der Waals surface area contributed by atoms with E-state index in [1.54, 1.807) is 6.07 Å². The molecule has 0 radical (unpaired) electrons. The first kappa shape index (κ1) is 7.12. The number of nitrogens with zero attached hydrogens (tertiary/aromatic N) is 1. The van der Waals surface area contributed by atoms with Crippen LogP contribution in [-0.4, -0.2) is 16.6 Å². The molecule has 4 heteroatoms. The highest BCUT2D eigenvalue weighted by atomic mass is 16.5. The molecular formula is C9H10N2O2. The van der Waals surface area contributed by atoms with Crippen molar-refractivity contribution in [2.45, 2.75) is 24.8 Å². The van der Waals surface area contributed by atoms with Crippen molar-refractivity contribution in [2.24, 2.45) is 5.92 Å². The number of carbonyl (C=O) groups is 1. The number of carbonyl (C=O) groups excluding carboxylic acids is 1. The van der Waals surface area contributed by atoms with Crippen LogP contribution >= 0.6 is 0 Å². The van der Waals surface area contributed by atoms with Crippen molar-refractivity contribution < 1.29 is 9.32 Å². The van der Waals surface area contributed by atoms with Crippen molar-refractivity contribution in [2.75, 3.05) is 0 Å². The van der Waals surface area contributed by atoms with E-state index in [0.717, 1.165) is 25.2 Å². The Kier molecular flexibility index (Phi) is 1.17. The first-order valence-corrected chi connectivity index (χ1v) is 4.50. The largest absolute Gasteiger partial charge is 0.364 e. The van der Waals surface area contributed by atoms with E-state index in [4.69, 9.17) is 0 Å². The van der Waals surface area contributed by atoms with E-state index in [1.165, 1.54) is 6.26 Å². The van der Waals surface area contributed by atoms with Crippen LogP contribution < -0.4 is 5.32 Å². The molecule has 0 aromatic carbocycles. The van der Waals surface area contributed by atoms with Gasteiger partial charge in [0.15, 0.2) is 5.69 Å². The zero-order chi connectivity index (χ0) is 8.89. The van der Waals surface area contributed by atoms with Crippen LogP contribution in [-0.2, 0) is 0 Å². The van der Waals surface area contributed by atoms with Crippen LogP contribution in [0.25, 0.3) is 0 Å². The van der Waals surface area contributed by atoms with E-state index < -0.39 is 0 Å². The molecule has 3 saturated carbocycles. The van der Waals surface area contributed by atoms with Gasteiger partial charge in [-0.15, -0.1) is 0 Å². The first-order chi connectivity index (χ1) is 6.27. The lowest BCUT2D eigenvalue weighted by Crippen LogP contribution is -2.68. The quantitative estimate of drug-likeness (QED) is 0.733. The fourth-order valence-electron chi connectivity index (χ4n) is 2.27. The van der Waals surface area contributed by atoms with Crippen LogP contribution in [0.15, 0.2) is 16.9 Å². The molecule has 2 bridgehead atoms. The number of amides is 1. The minimum atomic E-state index is -0.105. The van der Waals surface area contributed by atoms with Gasteiger partial charge in [0.1, 0.15) is 6.26 Å². The Morgan fingerprint density at radius 2 is 2.38 bits per heavy atom. The Balaban J connectivity index is 1.70. The van der Waals surface area contributed by atoms with Crippen molar-refractivity contribution in [1.29, 1.82) is 0 Å². The fraction of sp³-hybridized carbons (Fsp3) is 0.556. The molecule has 3 fully saturated rings. The summed E-state index contributed by atoms with van der Waals surface area (Å²) in [5, 5.41) is 6.59. The fourth-order valence-corrected chi connectivity index (χ4v) is 2.27. The summed E-state index contributed by atoms with van der Waals surface area (Å²) in [4.78, 5) is 11.5. The number of hydrogen-bond donors (Lipinski definition) is 1. The lowest BCUT2D eigenvalue weighted by atomic mass is 9.50. The smallest absolute Gasteiger partial charge is 0.273 e. The van der Waals surface area contributed by atoms with Crippen LogP contribution in [0.5, 0.6) is 0 Å². The molecule has 0 spiro atoms. The zero-order valence-corrected chi connectivity index (χ0v) is 7.12. The van der Waals surface area contributed by atoms with Crippen LogP contribution in [0.3, 0.4) is 0 Å². The van der Waals surface area contributed by atoms with Gasteiger partial charge in [-0.2, -0.15) is 0 Å². The van der Waals surface area contributed by atoms with Gasteiger partial charge in [-0.3, -0.25) is 4.79 Å². The van der Waals surface area contributed by atoms with Gasteiger partial charge in [-0.05, 0) is 25.2 Å². The van der Waals surface area contributed by atoms with Gasteiger partial charge in [-0.1, -0.05) is 5.16 Å². The molecule has 0 unspecified atom stereocenters. The Bertz CT molecular complexity index is 327. The van der Waals surface area contributed by atoms with Gasteiger partial charge in [-0.25, -0.2) is 0 Å². The SMILES string of the molecule is O=C(NC12CC(C1)C2)c1ccon1. The second kappa shape index (κ2) is 2.13. The maximum absolute atomic E-state index is 11.5. The molecule has 68 valence electrons. The predicted molar refractivity (Wildman–Crippen MR) is 44.0 cm³/mol. The van der Waals surface area contributed by atoms with Gasteiger partial charge in [0, 0.05) is 11.6 Å². The Morgan fingerprint density at radius 3 is 2.85 bits per heavy atom. The van der Waals surface area contributed by atoms with E-state index in [-0.39, 0.29) is 11.4 Å². The minimum absolute atomic E-state index is 0.105. The van der Waals surface area contributed by atoms with Gasteiger partial charge < -0.3 is 9.84 Å². The predicted octanol–water partition coefficient (Wildman–Crippen LogP) is 0.957. The average Bonchev–Trinajstić information content (AvgIpc) is 2.45. The van der Waals surface area contributed by atoms with Crippen LogP contribution in [0, 0.1) is 5.92 Å². The Labute approximate surface area is 75.3 Å². The highest BCUT2D eigenvalue weighted by Gasteiger charge is 2.57. The first-order valence-electron chi connectivity index (χ1n) is 4.50. The third kappa shape index (κ3) is 0.913. The highest BCUT2D eigenvalue weighted by molar-refractivity contribution is 5.92. The van der Waals surface area contributed by atoms with Crippen LogP contribution in [0.4, 0.5) is 0 Å². The summed E-state index contributed by atoms with van der Waals surface area (Å²) in [6, 6.07) is 1.58.